The maximum Gasteiger partial charge on any atom is 0.254 e. The molecule has 132 valence electrons. The van der Waals surface area contributed by atoms with Gasteiger partial charge in [-0.3, -0.25) is 9.69 Å². The van der Waals surface area contributed by atoms with Gasteiger partial charge in [-0.15, -0.1) is 0 Å². The Morgan fingerprint density at radius 1 is 1.04 bits per heavy atom. The zero-order valence-electron chi connectivity index (χ0n) is 14.0. The van der Waals surface area contributed by atoms with Crippen molar-refractivity contribution in [3.05, 3.63) is 63.6 Å². The number of hydrogen-bond donors (Lipinski definition) is 0. The molecular formula is C19H20Cl2N2O2. The molecular weight excluding hydrogens is 359 g/mol. The number of halogens is 2. The second kappa shape index (κ2) is 8.09. The molecule has 1 fully saturated rings. The molecule has 0 aromatic heterocycles. The lowest BCUT2D eigenvalue weighted by atomic mass is 10.1. The van der Waals surface area contributed by atoms with Crippen LogP contribution in [0.3, 0.4) is 0 Å². The van der Waals surface area contributed by atoms with Crippen molar-refractivity contribution in [3.63, 3.8) is 0 Å². The Bertz CT molecular complexity index is 739. The Balaban J connectivity index is 1.61. The molecule has 2 aromatic rings. The van der Waals surface area contributed by atoms with Gasteiger partial charge < -0.3 is 9.64 Å². The quantitative estimate of drug-likeness (QED) is 0.806. The maximum atomic E-state index is 12.7. The number of amides is 1. The number of benzene rings is 2. The third-order valence-corrected chi connectivity index (χ3v) is 5.13. The number of piperazine rings is 1. The van der Waals surface area contributed by atoms with E-state index in [2.05, 4.69) is 4.90 Å². The molecule has 0 aliphatic carbocycles. The number of carbonyl (C=O) groups excluding carboxylic acids is 1. The predicted molar refractivity (Wildman–Crippen MR) is 101 cm³/mol. The average molecular weight is 379 g/mol. The van der Waals surface area contributed by atoms with E-state index >= 15 is 0 Å². The van der Waals surface area contributed by atoms with E-state index in [4.69, 9.17) is 27.9 Å². The fraction of sp³-hybridized carbons (Fsp3) is 0.316. The molecule has 4 nitrogen and oxygen atoms in total. The van der Waals surface area contributed by atoms with Crippen LogP contribution in [0.2, 0.25) is 10.0 Å². The van der Waals surface area contributed by atoms with E-state index in [0.29, 0.717) is 41.0 Å². The van der Waals surface area contributed by atoms with Crippen molar-refractivity contribution >= 4 is 29.1 Å². The van der Waals surface area contributed by atoms with Gasteiger partial charge in [0.25, 0.3) is 5.91 Å². The first kappa shape index (κ1) is 18.1. The van der Waals surface area contributed by atoms with Crippen LogP contribution in [-0.2, 0) is 6.54 Å². The smallest absolute Gasteiger partial charge is 0.254 e. The largest absolute Gasteiger partial charge is 0.497 e. The minimum atomic E-state index is 0.0364. The first-order valence-electron chi connectivity index (χ1n) is 8.17. The third kappa shape index (κ3) is 4.27. The molecule has 2 aromatic carbocycles. The van der Waals surface area contributed by atoms with Crippen LogP contribution in [-0.4, -0.2) is 49.0 Å². The van der Waals surface area contributed by atoms with E-state index in [1.165, 1.54) is 0 Å². The topological polar surface area (TPSA) is 32.8 Å². The minimum Gasteiger partial charge on any atom is -0.497 e. The van der Waals surface area contributed by atoms with Crippen molar-refractivity contribution in [2.75, 3.05) is 33.3 Å². The fourth-order valence-electron chi connectivity index (χ4n) is 2.95. The molecule has 3 rings (SSSR count). The van der Waals surface area contributed by atoms with E-state index in [1.54, 1.807) is 13.2 Å². The Morgan fingerprint density at radius 2 is 1.68 bits per heavy atom. The van der Waals surface area contributed by atoms with Crippen molar-refractivity contribution < 1.29 is 9.53 Å². The van der Waals surface area contributed by atoms with Gasteiger partial charge in [0.05, 0.1) is 7.11 Å². The molecule has 25 heavy (non-hydrogen) atoms. The lowest BCUT2D eigenvalue weighted by Gasteiger charge is -2.35. The normalized spacial score (nSPS) is 15.2. The predicted octanol–water partition coefficient (Wildman–Crippen LogP) is 3.96. The van der Waals surface area contributed by atoms with Crippen LogP contribution >= 0.6 is 23.2 Å². The summed E-state index contributed by atoms with van der Waals surface area (Å²) in [4.78, 5) is 16.8. The van der Waals surface area contributed by atoms with E-state index < -0.39 is 0 Å². The Morgan fingerprint density at radius 3 is 2.32 bits per heavy atom. The zero-order valence-corrected chi connectivity index (χ0v) is 15.6. The highest BCUT2D eigenvalue weighted by molar-refractivity contribution is 6.35. The standard InChI is InChI=1S/C19H20Cl2N2O2/c1-25-15-5-2-4-14(12-15)19(24)23-10-8-22(9-11-23)13-16-17(20)6-3-7-18(16)21/h2-7,12H,8-11,13H2,1H3. The highest BCUT2D eigenvalue weighted by Gasteiger charge is 2.23. The number of nitrogens with zero attached hydrogens (tertiary/aromatic N) is 2. The van der Waals surface area contributed by atoms with Crippen LogP contribution in [0.5, 0.6) is 5.75 Å². The van der Waals surface area contributed by atoms with Crippen LogP contribution in [0, 0.1) is 0 Å². The van der Waals surface area contributed by atoms with Gasteiger partial charge in [-0.1, -0.05) is 35.3 Å². The van der Waals surface area contributed by atoms with Crippen molar-refractivity contribution in [3.8, 4) is 5.75 Å². The van der Waals surface area contributed by atoms with Crippen molar-refractivity contribution in [1.29, 1.82) is 0 Å². The number of carbonyl (C=O) groups is 1. The molecule has 0 spiro atoms. The molecule has 0 N–H and O–H groups in total. The molecule has 0 radical (unpaired) electrons. The van der Waals surface area contributed by atoms with Crippen molar-refractivity contribution in [1.82, 2.24) is 9.80 Å². The number of hydrogen-bond acceptors (Lipinski definition) is 3. The lowest BCUT2D eigenvalue weighted by molar-refractivity contribution is 0.0628. The molecule has 0 atom stereocenters. The molecule has 0 bridgehead atoms. The monoisotopic (exact) mass is 378 g/mol. The molecule has 1 aliphatic heterocycles. The summed E-state index contributed by atoms with van der Waals surface area (Å²) in [7, 11) is 1.60. The number of ether oxygens (including phenoxy) is 1. The van der Waals surface area contributed by atoms with Crippen LogP contribution < -0.4 is 4.74 Å². The van der Waals surface area contributed by atoms with Crippen LogP contribution in [0.4, 0.5) is 0 Å². The molecule has 0 saturated carbocycles. The van der Waals surface area contributed by atoms with Gasteiger partial charge in [0.1, 0.15) is 5.75 Å². The Labute approximate surface area is 157 Å². The molecule has 0 unspecified atom stereocenters. The summed E-state index contributed by atoms with van der Waals surface area (Å²) in [5, 5.41) is 1.37. The van der Waals surface area contributed by atoms with Crippen molar-refractivity contribution in [2.24, 2.45) is 0 Å². The highest BCUT2D eigenvalue weighted by Crippen LogP contribution is 2.26. The Hall–Kier alpha value is -1.75. The van der Waals surface area contributed by atoms with E-state index in [9.17, 15) is 4.79 Å². The average Bonchev–Trinajstić information content (AvgIpc) is 2.65. The minimum absolute atomic E-state index is 0.0364. The highest BCUT2D eigenvalue weighted by atomic mass is 35.5. The van der Waals surface area contributed by atoms with E-state index in [1.807, 2.05) is 41.3 Å². The molecule has 1 heterocycles. The summed E-state index contributed by atoms with van der Waals surface area (Å²) in [6.45, 7) is 3.63. The van der Waals surface area contributed by atoms with Gasteiger partial charge >= 0.3 is 0 Å². The molecule has 1 amide bonds. The van der Waals surface area contributed by atoms with Crippen LogP contribution in [0.25, 0.3) is 0 Å². The third-order valence-electron chi connectivity index (χ3n) is 4.42. The maximum absolute atomic E-state index is 12.7. The molecule has 1 saturated heterocycles. The van der Waals surface area contributed by atoms with Gasteiger partial charge in [0, 0.05) is 53.9 Å². The second-order valence-electron chi connectivity index (χ2n) is 6.00. The second-order valence-corrected chi connectivity index (χ2v) is 6.81. The molecule has 1 aliphatic rings. The van der Waals surface area contributed by atoms with Crippen LogP contribution in [0.15, 0.2) is 42.5 Å². The summed E-state index contributed by atoms with van der Waals surface area (Å²) in [6, 6.07) is 12.8. The van der Waals surface area contributed by atoms with Gasteiger partial charge in [-0.2, -0.15) is 0 Å². The summed E-state index contributed by atoms with van der Waals surface area (Å²) in [5.74, 6) is 0.729. The summed E-state index contributed by atoms with van der Waals surface area (Å²) in [6.07, 6.45) is 0. The van der Waals surface area contributed by atoms with E-state index in [-0.39, 0.29) is 5.91 Å². The SMILES string of the molecule is COc1cccc(C(=O)N2CCN(Cc3c(Cl)cccc3Cl)CC2)c1. The van der Waals surface area contributed by atoms with Gasteiger partial charge in [-0.25, -0.2) is 0 Å². The molecule has 6 heteroatoms. The van der Waals surface area contributed by atoms with Crippen molar-refractivity contribution in [2.45, 2.75) is 6.54 Å². The van der Waals surface area contributed by atoms with Gasteiger partial charge in [-0.05, 0) is 30.3 Å². The lowest BCUT2D eigenvalue weighted by Crippen LogP contribution is -2.48. The summed E-state index contributed by atoms with van der Waals surface area (Å²) >= 11 is 12.5. The zero-order chi connectivity index (χ0) is 17.8. The van der Waals surface area contributed by atoms with E-state index in [0.717, 1.165) is 18.7 Å². The fourth-order valence-corrected chi connectivity index (χ4v) is 3.47. The summed E-state index contributed by atoms with van der Waals surface area (Å²) in [5.41, 5.74) is 1.60. The van der Waals surface area contributed by atoms with Gasteiger partial charge in [0.15, 0.2) is 0 Å². The summed E-state index contributed by atoms with van der Waals surface area (Å²) < 4.78 is 5.19. The van der Waals surface area contributed by atoms with Crippen LogP contribution in [0.1, 0.15) is 15.9 Å². The number of methoxy groups -OCH3 is 1. The number of rotatable bonds is 4. The van der Waals surface area contributed by atoms with Gasteiger partial charge in [0.2, 0.25) is 0 Å². The first-order valence-corrected chi connectivity index (χ1v) is 8.92. The Kier molecular flexibility index (Phi) is 5.84. The first-order chi connectivity index (χ1) is 12.1.